The number of rotatable bonds is 2. The minimum atomic E-state index is -0.644. The van der Waals surface area contributed by atoms with Gasteiger partial charge in [-0.2, -0.15) is 0 Å². The second kappa shape index (κ2) is 5.32. The van der Waals surface area contributed by atoms with Gasteiger partial charge in [0, 0.05) is 18.3 Å². The average molecular weight is 285 g/mol. The molecular formula is C15H12FN3O2. The Labute approximate surface area is 120 Å². The highest BCUT2D eigenvalue weighted by Crippen LogP contribution is 2.33. The first-order valence-corrected chi connectivity index (χ1v) is 6.43. The first kappa shape index (κ1) is 13.2. The van der Waals surface area contributed by atoms with Crippen molar-refractivity contribution >= 4 is 23.2 Å². The number of carbonyl (C=O) groups excluding carboxylic acids is 2. The predicted molar refractivity (Wildman–Crippen MR) is 75.3 cm³/mol. The van der Waals surface area contributed by atoms with E-state index in [1.165, 1.54) is 24.4 Å². The summed E-state index contributed by atoms with van der Waals surface area (Å²) >= 11 is 0. The number of pyridine rings is 1. The maximum atomic E-state index is 13.2. The lowest BCUT2D eigenvalue weighted by Gasteiger charge is -2.24. The number of hydrogen-bond acceptors (Lipinski definition) is 3. The van der Waals surface area contributed by atoms with E-state index in [0.717, 1.165) is 0 Å². The van der Waals surface area contributed by atoms with Crippen molar-refractivity contribution in [1.29, 1.82) is 0 Å². The molecule has 106 valence electrons. The second-order valence-electron chi connectivity index (χ2n) is 4.77. The molecule has 1 aliphatic rings. The van der Waals surface area contributed by atoms with Crippen LogP contribution < -0.4 is 10.6 Å². The van der Waals surface area contributed by atoms with Gasteiger partial charge in [0.15, 0.2) is 0 Å². The molecule has 1 unspecified atom stereocenters. The van der Waals surface area contributed by atoms with E-state index in [0.29, 0.717) is 16.9 Å². The van der Waals surface area contributed by atoms with Crippen LogP contribution in [0, 0.1) is 5.82 Å². The molecule has 0 fully saturated rings. The van der Waals surface area contributed by atoms with Crippen molar-refractivity contribution in [3.8, 4) is 0 Å². The molecule has 0 bridgehead atoms. The van der Waals surface area contributed by atoms with Crippen molar-refractivity contribution in [3.63, 3.8) is 0 Å². The van der Waals surface area contributed by atoms with Gasteiger partial charge in [-0.3, -0.25) is 14.6 Å². The lowest BCUT2D eigenvalue weighted by Crippen LogP contribution is -2.30. The maximum Gasteiger partial charge on any atom is 0.232 e. The molecule has 3 rings (SSSR count). The Hall–Kier alpha value is -2.76. The first-order valence-electron chi connectivity index (χ1n) is 6.43. The van der Waals surface area contributed by atoms with Gasteiger partial charge in [0.2, 0.25) is 11.8 Å². The van der Waals surface area contributed by atoms with Crippen molar-refractivity contribution in [2.75, 3.05) is 10.6 Å². The number of carbonyl (C=O) groups is 2. The van der Waals surface area contributed by atoms with Crippen LogP contribution in [-0.4, -0.2) is 16.8 Å². The number of nitrogens with zero attached hydrogens (tertiary/aromatic N) is 1. The molecule has 0 spiro atoms. The molecule has 0 saturated heterocycles. The van der Waals surface area contributed by atoms with Gasteiger partial charge in [-0.05, 0) is 29.8 Å². The van der Waals surface area contributed by atoms with E-state index in [2.05, 4.69) is 15.6 Å². The van der Waals surface area contributed by atoms with Crippen LogP contribution in [-0.2, 0) is 9.59 Å². The number of anilines is 2. The summed E-state index contributed by atoms with van der Waals surface area (Å²) in [5, 5.41) is 5.29. The zero-order chi connectivity index (χ0) is 14.8. The molecule has 5 nitrogen and oxygen atoms in total. The topological polar surface area (TPSA) is 71.1 Å². The van der Waals surface area contributed by atoms with Crippen LogP contribution in [0.1, 0.15) is 17.9 Å². The van der Waals surface area contributed by atoms with Crippen molar-refractivity contribution < 1.29 is 14.0 Å². The van der Waals surface area contributed by atoms with Crippen LogP contribution in [0.3, 0.4) is 0 Å². The van der Waals surface area contributed by atoms with Crippen LogP contribution >= 0.6 is 0 Å². The highest BCUT2D eigenvalue weighted by atomic mass is 19.1. The third-order valence-electron chi connectivity index (χ3n) is 3.30. The summed E-state index contributed by atoms with van der Waals surface area (Å²) in [7, 11) is 0. The summed E-state index contributed by atoms with van der Waals surface area (Å²) in [6, 6.07) is 7.43. The van der Waals surface area contributed by atoms with Gasteiger partial charge in [-0.15, -0.1) is 0 Å². The lowest BCUT2D eigenvalue weighted by atomic mass is 9.89. The van der Waals surface area contributed by atoms with Gasteiger partial charge >= 0.3 is 0 Å². The highest BCUT2D eigenvalue weighted by Gasteiger charge is 2.30. The molecule has 1 atom stereocenters. The Balaban J connectivity index is 1.89. The fraction of sp³-hybridized carbons (Fsp3) is 0.133. The SMILES string of the molecule is O=C1CC(C(=O)Nc2cccnc2)c2ccc(F)cc2N1. The zero-order valence-electron chi connectivity index (χ0n) is 11.0. The predicted octanol–water partition coefficient (Wildman–Crippen LogP) is 2.29. The Morgan fingerprint density at radius 3 is 3.00 bits per heavy atom. The van der Waals surface area contributed by atoms with Crippen molar-refractivity contribution in [2.24, 2.45) is 0 Å². The van der Waals surface area contributed by atoms with Crippen LogP contribution in [0.5, 0.6) is 0 Å². The standard InChI is InChI=1S/C15H12FN3O2/c16-9-3-4-11-12(7-14(20)19-13(11)6-9)15(21)18-10-2-1-5-17-8-10/h1-6,8,12H,7H2,(H,18,21)(H,19,20). The van der Waals surface area contributed by atoms with Gasteiger partial charge in [-0.25, -0.2) is 4.39 Å². The molecule has 2 aromatic rings. The minimum absolute atomic E-state index is 0.0325. The number of nitrogens with one attached hydrogen (secondary N) is 2. The van der Waals surface area contributed by atoms with E-state index in [-0.39, 0.29) is 18.2 Å². The molecule has 1 aliphatic heterocycles. The van der Waals surface area contributed by atoms with Gasteiger partial charge < -0.3 is 10.6 Å². The quantitative estimate of drug-likeness (QED) is 0.889. The second-order valence-corrected chi connectivity index (χ2v) is 4.77. The van der Waals surface area contributed by atoms with E-state index in [1.54, 1.807) is 18.3 Å². The molecule has 6 heteroatoms. The third-order valence-corrected chi connectivity index (χ3v) is 3.30. The summed E-state index contributed by atoms with van der Waals surface area (Å²) in [5.74, 6) is -1.72. The maximum absolute atomic E-state index is 13.2. The van der Waals surface area contributed by atoms with Gasteiger partial charge in [0.1, 0.15) is 5.82 Å². The average Bonchev–Trinajstić information content (AvgIpc) is 2.47. The fourth-order valence-electron chi connectivity index (χ4n) is 2.34. The Morgan fingerprint density at radius 2 is 2.24 bits per heavy atom. The molecular weight excluding hydrogens is 273 g/mol. The number of halogens is 1. The number of fused-ring (bicyclic) bond motifs is 1. The zero-order valence-corrected chi connectivity index (χ0v) is 11.0. The molecule has 2 amide bonds. The molecule has 0 saturated carbocycles. The fourth-order valence-corrected chi connectivity index (χ4v) is 2.34. The van der Waals surface area contributed by atoms with Crippen LogP contribution in [0.25, 0.3) is 0 Å². The van der Waals surface area contributed by atoms with Gasteiger partial charge in [0.25, 0.3) is 0 Å². The number of hydrogen-bond donors (Lipinski definition) is 2. The monoisotopic (exact) mass is 285 g/mol. The van der Waals surface area contributed by atoms with E-state index >= 15 is 0 Å². The summed E-state index contributed by atoms with van der Waals surface area (Å²) in [6.45, 7) is 0. The molecule has 2 heterocycles. The lowest BCUT2D eigenvalue weighted by molar-refractivity contribution is -0.123. The smallest absolute Gasteiger partial charge is 0.232 e. The normalized spacial score (nSPS) is 16.8. The molecule has 1 aromatic heterocycles. The number of aromatic nitrogens is 1. The Morgan fingerprint density at radius 1 is 1.38 bits per heavy atom. The summed E-state index contributed by atoms with van der Waals surface area (Å²) in [6.07, 6.45) is 3.15. The summed E-state index contributed by atoms with van der Waals surface area (Å²) < 4.78 is 13.2. The van der Waals surface area contributed by atoms with Crippen LogP contribution in [0.4, 0.5) is 15.8 Å². The van der Waals surface area contributed by atoms with Crippen molar-refractivity contribution in [1.82, 2.24) is 4.98 Å². The largest absolute Gasteiger partial charge is 0.326 e. The van der Waals surface area contributed by atoms with E-state index in [9.17, 15) is 14.0 Å². The number of benzene rings is 1. The first-order chi connectivity index (χ1) is 10.1. The Kier molecular flexibility index (Phi) is 3.35. The van der Waals surface area contributed by atoms with Crippen molar-refractivity contribution in [2.45, 2.75) is 12.3 Å². The molecule has 2 N–H and O–H groups in total. The van der Waals surface area contributed by atoms with E-state index in [4.69, 9.17) is 0 Å². The van der Waals surface area contributed by atoms with E-state index in [1.807, 2.05) is 0 Å². The molecule has 0 radical (unpaired) electrons. The number of amides is 2. The van der Waals surface area contributed by atoms with Crippen LogP contribution in [0.15, 0.2) is 42.7 Å². The Bertz CT molecular complexity index is 703. The molecule has 21 heavy (non-hydrogen) atoms. The summed E-state index contributed by atoms with van der Waals surface area (Å²) in [5.41, 5.74) is 1.51. The third kappa shape index (κ3) is 2.74. The molecule has 1 aromatic carbocycles. The molecule has 0 aliphatic carbocycles. The van der Waals surface area contributed by atoms with Crippen LogP contribution in [0.2, 0.25) is 0 Å². The highest BCUT2D eigenvalue weighted by molar-refractivity contribution is 6.05. The van der Waals surface area contributed by atoms with E-state index < -0.39 is 11.7 Å². The van der Waals surface area contributed by atoms with Gasteiger partial charge in [0.05, 0.1) is 17.8 Å². The van der Waals surface area contributed by atoms with Crippen molar-refractivity contribution in [3.05, 3.63) is 54.1 Å². The van der Waals surface area contributed by atoms with Gasteiger partial charge in [-0.1, -0.05) is 6.07 Å². The minimum Gasteiger partial charge on any atom is -0.326 e. The summed E-state index contributed by atoms with van der Waals surface area (Å²) in [4.78, 5) is 27.9.